The van der Waals surface area contributed by atoms with Crippen LogP contribution in [0.2, 0.25) is 0 Å². The molecule has 4 saturated carbocycles. The lowest BCUT2D eigenvalue weighted by Gasteiger charge is -2.69. The predicted octanol–water partition coefficient (Wildman–Crippen LogP) is 7.70. The molecule has 4 aliphatic carbocycles. The van der Waals surface area contributed by atoms with Gasteiger partial charge in [0, 0.05) is 103 Å². The number of benzene rings is 3. The number of pyridine rings is 2. The van der Waals surface area contributed by atoms with Crippen molar-refractivity contribution < 1.29 is 87.5 Å². The summed E-state index contributed by atoms with van der Waals surface area (Å²) in [7, 11) is 1.58. The van der Waals surface area contributed by atoms with Crippen molar-refractivity contribution in [3.8, 4) is 33.9 Å². The SMILES string of the molecule is Cc1c(-c2ccc(-c3cnc4cccc(C(=O)Nc5nc6ccccc6s5)c4c3)nc2C(=O)O)cnn1CC12CC3(C)CC(C)(C1)CC(OCCN(C)C(=O)OCc1ccc(OCCOCCNC(=O)CCCCCN4C(=O)C=CC4=O)cc1O[C@@H]1O[C@H](C(=O)O)[C@H](O)[C@H](O)[C@@H]1O)(C3)C2. The summed E-state index contributed by atoms with van der Waals surface area (Å²) in [5, 5.41) is 63.9. The molecule has 5 amide bonds. The van der Waals surface area contributed by atoms with Crippen molar-refractivity contribution in [2.75, 3.05) is 58.4 Å². The number of aliphatic carboxylic acids is 1. The number of unbranched alkanes of at least 4 members (excludes halogenated alkanes) is 2. The van der Waals surface area contributed by atoms with Crippen LogP contribution in [0.25, 0.3) is 43.5 Å². The lowest BCUT2D eigenvalue weighted by Crippen LogP contribution is -2.64. The van der Waals surface area contributed by atoms with Gasteiger partial charge in [0.05, 0.1) is 53.0 Å². The van der Waals surface area contributed by atoms with Crippen molar-refractivity contribution in [2.45, 2.75) is 134 Å². The summed E-state index contributed by atoms with van der Waals surface area (Å²) in [5.74, 6) is -3.86. The molecule has 2 unspecified atom stereocenters. The van der Waals surface area contributed by atoms with Crippen LogP contribution in [-0.2, 0) is 51.3 Å². The van der Waals surface area contributed by atoms with Gasteiger partial charge in [-0.25, -0.2) is 24.4 Å². The molecule has 13 rings (SSSR count). The van der Waals surface area contributed by atoms with Crippen LogP contribution in [0, 0.1) is 23.2 Å². The minimum absolute atomic E-state index is 0.0346. The molecule has 6 aliphatic rings. The maximum Gasteiger partial charge on any atom is 0.409 e. The first kappa shape index (κ1) is 69.6. The molecule has 3 aromatic carbocycles. The number of nitrogens with zero attached hydrogens (tertiary/aromatic N) is 7. The number of nitrogens with one attached hydrogen (secondary N) is 2. The standard InChI is InChI=1S/C71H79N9O18S/c1-41-48(45-18-19-49(75-57(45)63(88)89)43-29-47-46(11-10-13-50(47)73-31-43)62(87)77-66-76-51-12-7-8-14-53(51)99-66)32-74-80(41)40-70-35-68(2)34-69(3,36-70)38-71(37-68,39-70)96-26-24-78(4)67(92)95-33-42-16-17-44(30-52(42)97-65-60(86)58(84)59(85)61(98-65)64(90)91)94-28-27-93-25-22-72-54(81)15-6-5-9-23-79-55(82)20-21-56(79)83/h7-8,10-14,16-21,29-32,58-61,65,84-86H,5-6,9,15,22-28,33-40H2,1-4H3,(H,72,81)(H,88,89)(H,90,91)(H,76,77,87)/t58-,59+,60-,61-,65+,68?,69?,70?,71?/m0/s1. The molecule has 522 valence electrons. The molecule has 5 fully saturated rings. The third-order valence-electron chi connectivity index (χ3n) is 19.3. The number of carbonyl (C=O) groups is 7. The second-order valence-electron chi connectivity index (χ2n) is 27.3. The molecular weight excluding hydrogens is 1300 g/mol. The topological polar surface area (TPSA) is 363 Å². The van der Waals surface area contributed by atoms with Crippen molar-refractivity contribution in [1.29, 1.82) is 0 Å². The fourth-order valence-electron chi connectivity index (χ4n) is 15.8. The number of carboxylic acids is 2. The summed E-state index contributed by atoms with van der Waals surface area (Å²) in [5.41, 5.74) is 3.66. The van der Waals surface area contributed by atoms with Gasteiger partial charge in [0.15, 0.2) is 16.9 Å². The van der Waals surface area contributed by atoms with Gasteiger partial charge < -0.3 is 64.2 Å². The Bertz CT molecular complexity index is 4220. The molecule has 2 aliphatic heterocycles. The third-order valence-corrected chi connectivity index (χ3v) is 20.2. The summed E-state index contributed by atoms with van der Waals surface area (Å²) in [6, 6.07) is 22.7. The van der Waals surface area contributed by atoms with Crippen molar-refractivity contribution in [2.24, 2.45) is 16.2 Å². The number of likely N-dealkylation sites (N-methyl/N-ethyl adjacent to an activating group) is 1. The molecule has 4 bridgehead atoms. The van der Waals surface area contributed by atoms with Crippen molar-refractivity contribution >= 4 is 79.2 Å². The highest BCUT2D eigenvalue weighted by Gasteiger charge is 2.66. The first-order valence-electron chi connectivity index (χ1n) is 33.0. The number of carbonyl (C=O) groups excluding carboxylic acids is 5. The van der Waals surface area contributed by atoms with Crippen molar-refractivity contribution in [3.63, 3.8) is 0 Å². The average molecular weight is 1380 g/mol. The van der Waals surface area contributed by atoms with Crippen LogP contribution >= 0.6 is 11.3 Å². The molecule has 1 saturated heterocycles. The molecule has 7 atom stereocenters. The van der Waals surface area contributed by atoms with Gasteiger partial charge in [0.1, 0.15) is 43.0 Å². The Labute approximate surface area is 573 Å². The van der Waals surface area contributed by atoms with Crippen LogP contribution in [0.15, 0.2) is 103 Å². The van der Waals surface area contributed by atoms with Crippen molar-refractivity contribution in [3.05, 3.63) is 126 Å². The average Bonchev–Trinajstić information content (AvgIpc) is 0.802. The van der Waals surface area contributed by atoms with Crippen LogP contribution in [0.1, 0.15) is 110 Å². The number of fused-ring (bicyclic) bond motifs is 2. The number of aliphatic hydroxyl groups excluding tert-OH is 3. The third kappa shape index (κ3) is 15.5. The molecule has 28 heteroatoms. The Hall–Kier alpha value is -9.29. The van der Waals surface area contributed by atoms with Crippen LogP contribution in [0.5, 0.6) is 11.5 Å². The quantitative estimate of drug-likeness (QED) is 0.0174. The molecule has 7 aromatic rings. The van der Waals surface area contributed by atoms with E-state index in [1.165, 1.54) is 45.4 Å². The number of imide groups is 1. The zero-order chi connectivity index (χ0) is 70.0. The maximum atomic E-state index is 13.8. The summed E-state index contributed by atoms with van der Waals surface area (Å²) in [6.45, 7) is 8.00. The summed E-state index contributed by atoms with van der Waals surface area (Å²) >= 11 is 1.37. The van der Waals surface area contributed by atoms with E-state index in [1.54, 1.807) is 61.9 Å². The van der Waals surface area contributed by atoms with E-state index < -0.39 is 54.3 Å². The number of hydrogen-bond donors (Lipinski definition) is 7. The molecule has 99 heavy (non-hydrogen) atoms. The second-order valence-corrected chi connectivity index (χ2v) is 28.4. The number of thiazole rings is 1. The summed E-state index contributed by atoms with van der Waals surface area (Å²) in [4.78, 5) is 105. The summed E-state index contributed by atoms with van der Waals surface area (Å²) < 4.78 is 38.6. The number of anilines is 1. The van der Waals surface area contributed by atoms with Gasteiger partial charge in [-0.15, -0.1) is 0 Å². The van der Waals surface area contributed by atoms with E-state index in [0.29, 0.717) is 76.3 Å². The molecule has 0 spiro atoms. The fraction of sp³-hybridized carbons (Fsp3) is 0.451. The first-order valence-corrected chi connectivity index (χ1v) is 33.8. The van der Waals surface area contributed by atoms with E-state index in [0.717, 1.165) is 54.4 Å². The fourth-order valence-corrected chi connectivity index (χ4v) is 16.7. The van der Waals surface area contributed by atoms with Gasteiger partial charge in [-0.2, -0.15) is 5.10 Å². The number of hydrogen-bond acceptors (Lipinski definition) is 21. The highest BCUT2D eigenvalue weighted by molar-refractivity contribution is 7.22. The van der Waals surface area contributed by atoms with E-state index in [9.17, 15) is 59.1 Å². The monoisotopic (exact) mass is 1380 g/mol. The smallest absolute Gasteiger partial charge is 0.409 e. The zero-order valence-corrected chi connectivity index (χ0v) is 56.0. The van der Waals surface area contributed by atoms with Gasteiger partial charge in [0.25, 0.3) is 17.7 Å². The lowest BCUT2D eigenvalue weighted by molar-refractivity contribution is -0.271. The first-order chi connectivity index (χ1) is 47.4. The number of carboxylic acid groups (broad SMARTS) is 2. The molecular formula is C71H79N9O18S. The molecule has 0 radical (unpaired) electrons. The van der Waals surface area contributed by atoms with E-state index in [2.05, 4.69) is 34.4 Å². The Morgan fingerprint density at radius 1 is 0.788 bits per heavy atom. The van der Waals surface area contributed by atoms with Crippen LogP contribution in [0.3, 0.4) is 0 Å². The van der Waals surface area contributed by atoms with E-state index in [-0.39, 0.29) is 115 Å². The highest BCUT2D eigenvalue weighted by atomic mass is 32.1. The summed E-state index contributed by atoms with van der Waals surface area (Å²) in [6.07, 6.45) is 2.91. The van der Waals surface area contributed by atoms with Crippen LogP contribution < -0.4 is 20.1 Å². The lowest BCUT2D eigenvalue weighted by atomic mass is 9.39. The van der Waals surface area contributed by atoms with Gasteiger partial charge in [0.2, 0.25) is 12.2 Å². The maximum absolute atomic E-state index is 13.8. The molecule has 6 heterocycles. The number of para-hydroxylation sites is 1. The Kier molecular flexibility index (Phi) is 20.3. The highest BCUT2D eigenvalue weighted by Crippen LogP contribution is 2.72. The normalized spacial score (nSPS) is 24.6. The molecule has 7 N–H and O–H groups in total. The van der Waals surface area contributed by atoms with Gasteiger partial charge in [-0.05, 0) is 129 Å². The number of aromatic nitrogens is 5. The Morgan fingerprint density at radius 2 is 1.56 bits per heavy atom. The molecule has 4 aromatic heterocycles. The second kappa shape index (κ2) is 28.9. The minimum Gasteiger partial charge on any atom is -0.491 e. The number of aromatic carboxylic acids is 1. The molecule has 27 nitrogen and oxygen atoms in total. The number of aliphatic hydroxyl groups is 3. The van der Waals surface area contributed by atoms with Gasteiger partial charge in [-0.1, -0.05) is 49.8 Å². The largest absolute Gasteiger partial charge is 0.491 e. The van der Waals surface area contributed by atoms with Crippen molar-refractivity contribution in [1.82, 2.24) is 39.8 Å². The van der Waals surface area contributed by atoms with Crippen LogP contribution in [-0.4, -0.2) is 191 Å². The Morgan fingerprint density at radius 3 is 2.31 bits per heavy atom. The predicted molar refractivity (Wildman–Crippen MR) is 358 cm³/mol. The Balaban J connectivity index is 0.655. The minimum atomic E-state index is -1.97. The number of ether oxygens (including phenoxy) is 6. The number of rotatable bonds is 29. The van der Waals surface area contributed by atoms with Crippen LogP contribution in [0.4, 0.5) is 9.93 Å². The van der Waals surface area contributed by atoms with Gasteiger partial charge in [-0.3, -0.25) is 39.1 Å². The van der Waals surface area contributed by atoms with E-state index in [4.69, 9.17) is 38.5 Å². The number of amides is 5. The zero-order valence-electron chi connectivity index (χ0n) is 55.2. The van der Waals surface area contributed by atoms with E-state index in [1.807, 2.05) is 35.9 Å². The van der Waals surface area contributed by atoms with Gasteiger partial charge >= 0.3 is 18.0 Å². The van der Waals surface area contributed by atoms with E-state index >= 15 is 0 Å².